The van der Waals surface area contributed by atoms with E-state index < -0.39 is 23.8 Å². The van der Waals surface area contributed by atoms with E-state index in [1.165, 1.54) is 13.3 Å². The van der Waals surface area contributed by atoms with Crippen molar-refractivity contribution in [2.75, 3.05) is 5.32 Å². The molecule has 0 radical (unpaired) electrons. The van der Waals surface area contributed by atoms with Crippen LogP contribution in [0.4, 0.5) is 5.69 Å². The molecule has 174 valence electrons. The number of amides is 3. The van der Waals surface area contributed by atoms with Crippen LogP contribution in [0.1, 0.15) is 33.5 Å². The van der Waals surface area contributed by atoms with Gasteiger partial charge in [-0.25, -0.2) is 15.0 Å². The number of aryl methyl sites for hydroxylation is 1. The van der Waals surface area contributed by atoms with Crippen molar-refractivity contribution in [1.29, 1.82) is 0 Å². The summed E-state index contributed by atoms with van der Waals surface area (Å²) < 4.78 is 7.62. The highest BCUT2D eigenvalue weighted by atomic mass is 16.5. The minimum absolute atomic E-state index is 0.301. The van der Waals surface area contributed by atoms with Gasteiger partial charge in [-0.15, -0.1) is 0 Å². The molecule has 10 heteroatoms. The second kappa shape index (κ2) is 8.82. The van der Waals surface area contributed by atoms with Gasteiger partial charge in [0, 0.05) is 24.1 Å². The molecule has 0 spiro atoms. The molecule has 0 saturated carbocycles. The van der Waals surface area contributed by atoms with Crippen LogP contribution in [-0.4, -0.2) is 48.2 Å². The summed E-state index contributed by atoms with van der Waals surface area (Å²) in [6.45, 7) is 3.38. The predicted molar refractivity (Wildman–Crippen MR) is 125 cm³/mol. The summed E-state index contributed by atoms with van der Waals surface area (Å²) in [6, 6.07) is 13.9. The van der Waals surface area contributed by atoms with Crippen LogP contribution < -0.4 is 10.1 Å². The summed E-state index contributed by atoms with van der Waals surface area (Å²) in [5, 5.41) is 2.73. The number of nitrogens with one attached hydrogen (secondary N) is 1. The number of rotatable bonds is 6. The first kappa shape index (κ1) is 22.0. The Labute approximate surface area is 200 Å². The number of hydrogen-bond acceptors (Lipinski definition) is 7. The van der Waals surface area contributed by atoms with E-state index in [-0.39, 0.29) is 0 Å². The minimum Gasteiger partial charge on any atom is -0.439 e. The fourth-order valence-electron chi connectivity index (χ4n) is 3.79. The first-order chi connectivity index (χ1) is 16.9. The lowest BCUT2D eigenvalue weighted by Gasteiger charge is -2.21. The van der Waals surface area contributed by atoms with Gasteiger partial charge in [0.15, 0.2) is 0 Å². The van der Waals surface area contributed by atoms with Crippen LogP contribution in [0.25, 0.3) is 5.82 Å². The first-order valence-electron chi connectivity index (χ1n) is 10.8. The maximum Gasteiger partial charge on any atom is 0.262 e. The van der Waals surface area contributed by atoms with Crippen LogP contribution in [-0.2, 0) is 4.79 Å². The van der Waals surface area contributed by atoms with Crippen molar-refractivity contribution in [3.05, 3.63) is 90.3 Å². The number of carbonyl (C=O) groups excluding carboxylic acids is 3. The molecule has 1 aliphatic rings. The SMILES string of the molecule is Cc1nccn1-c1cc(Oc2ccc(NC(=O)C(C)N3C(=O)c4ccccc4C3=O)cc2)ncn1. The maximum absolute atomic E-state index is 12.8. The number of imidazole rings is 1. The Balaban J connectivity index is 1.25. The highest BCUT2D eigenvalue weighted by Gasteiger charge is 2.40. The molecule has 0 fully saturated rings. The molecule has 10 nitrogen and oxygen atoms in total. The number of nitrogens with zero attached hydrogens (tertiary/aromatic N) is 5. The molecule has 2 aromatic heterocycles. The molecule has 1 unspecified atom stereocenters. The lowest BCUT2D eigenvalue weighted by Crippen LogP contribution is -2.45. The van der Waals surface area contributed by atoms with Crippen LogP contribution >= 0.6 is 0 Å². The molecule has 35 heavy (non-hydrogen) atoms. The zero-order valence-corrected chi connectivity index (χ0v) is 18.9. The van der Waals surface area contributed by atoms with E-state index in [1.807, 2.05) is 11.5 Å². The average Bonchev–Trinajstić information content (AvgIpc) is 3.41. The number of benzene rings is 2. The molecule has 0 bridgehead atoms. The van der Waals surface area contributed by atoms with Crippen molar-refractivity contribution >= 4 is 23.4 Å². The fourth-order valence-corrected chi connectivity index (χ4v) is 3.79. The molecule has 3 amide bonds. The first-order valence-corrected chi connectivity index (χ1v) is 10.8. The third-order valence-electron chi connectivity index (χ3n) is 5.64. The van der Waals surface area contributed by atoms with Crippen LogP contribution in [0.5, 0.6) is 11.6 Å². The van der Waals surface area contributed by atoms with E-state index in [0.29, 0.717) is 34.3 Å². The van der Waals surface area contributed by atoms with Gasteiger partial charge in [0.25, 0.3) is 11.8 Å². The van der Waals surface area contributed by atoms with Crippen LogP contribution in [0.15, 0.2) is 73.3 Å². The lowest BCUT2D eigenvalue weighted by molar-refractivity contribution is -0.119. The van der Waals surface area contributed by atoms with E-state index in [0.717, 1.165) is 10.7 Å². The van der Waals surface area contributed by atoms with Gasteiger partial charge in [0.1, 0.15) is 29.8 Å². The van der Waals surface area contributed by atoms with E-state index in [4.69, 9.17) is 4.74 Å². The third-order valence-corrected chi connectivity index (χ3v) is 5.64. The van der Waals surface area contributed by atoms with Crippen molar-refractivity contribution in [3.63, 3.8) is 0 Å². The Kier molecular flexibility index (Phi) is 5.54. The zero-order valence-electron chi connectivity index (χ0n) is 18.9. The number of aromatic nitrogens is 4. The van der Waals surface area contributed by atoms with Crippen molar-refractivity contribution in [3.8, 4) is 17.4 Å². The summed E-state index contributed by atoms with van der Waals surface area (Å²) in [5.41, 5.74) is 1.09. The summed E-state index contributed by atoms with van der Waals surface area (Å²) in [4.78, 5) is 51.6. The van der Waals surface area contributed by atoms with Gasteiger partial charge in [-0.2, -0.15) is 0 Å². The molecule has 3 heterocycles. The summed E-state index contributed by atoms with van der Waals surface area (Å²) >= 11 is 0. The minimum atomic E-state index is -0.982. The fraction of sp³-hybridized carbons (Fsp3) is 0.120. The molecule has 0 saturated heterocycles. The monoisotopic (exact) mass is 468 g/mol. The molecular weight excluding hydrogens is 448 g/mol. The lowest BCUT2D eigenvalue weighted by atomic mass is 10.1. The summed E-state index contributed by atoms with van der Waals surface area (Å²) in [7, 11) is 0. The van der Waals surface area contributed by atoms with Gasteiger partial charge in [0.2, 0.25) is 11.8 Å². The Bertz CT molecular complexity index is 1410. The van der Waals surface area contributed by atoms with Crippen molar-refractivity contribution in [2.24, 2.45) is 0 Å². The van der Waals surface area contributed by atoms with Gasteiger partial charge in [-0.1, -0.05) is 12.1 Å². The van der Waals surface area contributed by atoms with Gasteiger partial charge >= 0.3 is 0 Å². The van der Waals surface area contributed by atoms with Gasteiger partial charge in [-0.3, -0.25) is 23.9 Å². The highest BCUT2D eigenvalue weighted by Crippen LogP contribution is 2.26. The Morgan fingerprint density at radius 2 is 1.66 bits per heavy atom. The smallest absolute Gasteiger partial charge is 0.262 e. The van der Waals surface area contributed by atoms with Gasteiger partial charge < -0.3 is 10.1 Å². The number of hydrogen-bond donors (Lipinski definition) is 1. The van der Waals surface area contributed by atoms with Crippen LogP contribution in [0.3, 0.4) is 0 Å². The summed E-state index contributed by atoms with van der Waals surface area (Å²) in [6.07, 6.45) is 4.88. The molecule has 1 atom stereocenters. The second-order valence-electron chi connectivity index (χ2n) is 7.88. The van der Waals surface area contributed by atoms with Crippen molar-refractivity contribution in [1.82, 2.24) is 24.4 Å². The predicted octanol–water partition coefficient (Wildman–Crippen LogP) is 3.39. The van der Waals surface area contributed by atoms with E-state index in [9.17, 15) is 14.4 Å². The Morgan fingerprint density at radius 3 is 2.29 bits per heavy atom. The molecule has 1 N–H and O–H groups in total. The number of ether oxygens (including phenoxy) is 1. The molecule has 2 aromatic carbocycles. The zero-order chi connectivity index (χ0) is 24.5. The summed E-state index contributed by atoms with van der Waals surface area (Å²) in [5.74, 6) is 0.812. The largest absolute Gasteiger partial charge is 0.439 e. The van der Waals surface area contributed by atoms with Crippen molar-refractivity contribution in [2.45, 2.75) is 19.9 Å². The maximum atomic E-state index is 12.8. The number of imide groups is 1. The average molecular weight is 468 g/mol. The third kappa shape index (κ3) is 4.12. The number of anilines is 1. The molecule has 0 aliphatic carbocycles. The topological polar surface area (TPSA) is 119 Å². The number of fused-ring (bicyclic) bond motifs is 1. The van der Waals surface area contributed by atoms with E-state index in [1.54, 1.807) is 67.0 Å². The molecule has 4 aromatic rings. The Hall–Kier alpha value is -4.86. The standard InChI is InChI=1S/C25H20N6O4/c1-15(31-24(33)19-5-3-4-6-20(19)25(31)34)23(32)29-17-7-9-18(10-8-17)35-22-13-21(27-14-28-22)30-12-11-26-16(30)2/h3-15H,1-2H3,(H,29,32). The Morgan fingerprint density at radius 1 is 0.971 bits per heavy atom. The van der Waals surface area contributed by atoms with E-state index in [2.05, 4.69) is 20.3 Å². The number of carbonyl (C=O) groups is 3. The molecule has 5 rings (SSSR count). The molecular formula is C25H20N6O4. The second-order valence-corrected chi connectivity index (χ2v) is 7.88. The quantitative estimate of drug-likeness (QED) is 0.431. The van der Waals surface area contributed by atoms with E-state index >= 15 is 0 Å². The highest BCUT2D eigenvalue weighted by molar-refractivity contribution is 6.23. The van der Waals surface area contributed by atoms with Gasteiger partial charge in [-0.05, 0) is 50.2 Å². The van der Waals surface area contributed by atoms with Crippen LogP contribution in [0, 0.1) is 6.92 Å². The molecule has 1 aliphatic heterocycles. The van der Waals surface area contributed by atoms with Crippen molar-refractivity contribution < 1.29 is 19.1 Å². The normalized spacial score (nSPS) is 13.5. The van der Waals surface area contributed by atoms with Gasteiger partial charge in [0.05, 0.1) is 11.1 Å². The van der Waals surface area contributed by atoms with Crippen LogP contribution in [0.2, 0.25) is 0 Å².